The molecule has 0 amide bonds. The second-order valence-electron chi connectivity index (χ2n) is 5.68. The van der Waals surface area contributed by atoms with Crippen LogP contribution < -0.4 is 5.32 Å². The fraction of sp³-hybridized carbons (Fsp3) is 0.692. The summed E-state index contributed by atoms with van der Waals surface area (Å²) in [5.41, 5.74) is 0.505. The lowest BCUT2D eigenvalue weighted by Crippen LogP contribution is -2.32. The number of nitrogens with zero attached hydrogens (tertiary/aromatic N) is 2. The van der Waals surface area contributed by atoms with E-state index in [1.165, 1.54) is 0 Å². The van der Waals surface area contributed by atoms with Gasteiger partial charge in [-0.2, -0.15) is 5.10 Å². The third kappa shape index (κ3) is 2.35. The van der Waals surface area contributed by atoms with Crippen LogP contribution in [-0.2, 0) is 4.74 Å². The van der Waals surface area contributed by atoms with E-state index in [-0.39, 0.29) is 11.4 Å². The summed E-state index contributed by atoms with van der Waals surface area (Å²) in [7, 11) is 0. The van der Waals surface area contributed by atoms with Gasteiger partial charge in [0.15, 0.2) is 5.69 Å². The molecule has 5 heteroatoms. The molecule has 2 heterocycles. The Balaban J connectivity index is 2.32. The van der Waals surface area contributed by atoms with Crippen LogP contribution in [0.1, 0.15) is 50.6 Å². The molecule has 0 aliphatic carbocycles. The van der Waals surface area contributed by atoms with Gasteiger partial charge in [0.2, 0.25) is 0 Å². The van der Waals surface area contributed by atoms with Gasteiger partial charge in [0, 0.05) is 12.6 Å². The Labute approximate surface area is 108 Å². The van der Waals surface area contributed by atoms with Crippen LogP contribution in [0.4, 0.5) is 5.82 Å². The van der Waals surface area contributed by atoms with Gasteiger partial charge in [0.05, 0.1) is 12.6 Å². The van der Waals surface area contributed by atoms with E-state index in [0.29, 0.717) is 18.3 Å². The largest absolute Gasteiger partial charge is 0.461 e. The maximum Gasteiger partial charge on any atom is 0.358 e. The third-order valence-corrected chi connectivity index (χ3v) is 3.24. The third-order valence-electron chi connectivity index (χ3n) is 3.24. The second-order valence-corrected chi connectivity index (χ2v) is 5.68. The molecule has 0 saturated heterocycles. The molecule has 0 radical (unpaired) electrons. The topological polar surface area (TPSA) is 56.2 Å². The predicted molar refractivity (Wildman–Crippen MR) is 69.8 cm³/mol. The number of fused-ring (bicyclic) bond motifs is 1. The second kappa shape index (κ2) is 4.63. The lowest BCUT2D eigenvalue weighted by Gasteiger charge is -2.35. The molecule has 1 N–H and O–H groups in total. The summed E-state index contributed by atoms with van der Waals surface area (Å²) in [6.07, 6.45) is 1.01. The molecule has 2 rings (SSSR count). The molecule has 1 aliphatic rings. The van der Waals surface area contributed by atoms with E-state index in [1.807, 2.05) is 4.68 Å². The zero-order valence-electron chi connectivity index (χ0n) is 11.5. The Kier molecular flexibility index (Phi) is 3.32. The minimum atomic E-state index is -0.353. The molecule has 5 nitrogen and oxygen atoms in total. The maximum atomic E-state index is 11.7. The SMILES string of the molecule is CCOC(=O)c1cc2n(n1)C(C(C)(C)C)CCN2. The smallest absolute Gasteiger partial charge is 0.358 e. The highest BCUT2D eigenvalue weighted by Crippen LogP contribution is 2.37. The summed E-state index contributed by atoms with van der Waals surface area (Å²) in [5, 5.41) is 7.67. The highest BCUT2D eigenvalue weighted by molar-refractivity contribution is 5.88. The molecule has 1 unspecified atom stereocenters. The Morgan fingerprint density at radius 1 is 1.61 bits per heavy atom. The van der Waals surface area contributed by atoms with Crippen LogP contribution in [0, 0.1) is 5.41 Å². The van der Waals surface area contributed by atoms with E-state index in [0.717, 1.165) is 18.8 Å². The number of ether oxygens (including phenoxy) is 1. The van der Waals surface area contributed by atoms with Crippen LogP contribution in [0.2, 0.25) is 0 Å². The predicted octanol–water partition coefficient (Wildman–Crippen LogP) is 2.46. The summed E-state index contributed by atoms with van der Waals surface area (Å²) in [5.74, 6) is 0.554. The molecule has 0 spiro atoms. The van der Waals surface area contributed by atoms with E-state index < -0.39 is 0 Å². The summed E-state index contributed by atoms with van der Waals surface area (Å²) in [4.78, 5) is 11.7. The first kappa shape index (κ1) is 12.9. The van der Waals surface area contributed by atoms with Crippen LogP contribution >= 0.6 is 0 Å². The Hall–Kier alpha value is -1.52. The lowest BCUT2D eigenvalue weighted by molar-refractivity contribution is 0.0516. The number of hydrogen-bond donors (Lipinski definition) is 1. The van der Waals surface area contributed by atoms with Crippen LogP contribution in [0.3, 0.4) is 0 Å². The number of esters is 1. The summed E-state index contributed by atoms with van der Waals surface area (Å²) < 4.78 is 6.91. The number of rotatable bonds is 2. The normalized spacial score (nSPS) is 19.0. The minimum Gasteiger partial charge on any atom is -0.461 e. The molecule has 1 aromatic rings. The molecular weight excluding hydrogens is 230 g/mol. The van der Waals surface area contributed by atoms with Crippen molar-refractivity contribution in [2.24, 2.45) is 5.41 Å². The van der Waals surface area contributed by atoms with Crippen molar-refractivity contribution in [2.45, 2.75) is 40.2 Å². The van der Waals surface area contributed by atoms with Crippen molar-refractivity contribution in [3.63, 3.8) is 0 Å². The fourth-order valence-corrected chi connectivity index (χ4v) is 2.33. The maximum absolute atomic E-state index is 11.7. The molecule has 0 bridgehead atoms. The van der Waals surface area contributed by atoms with E-state index >= 15 is 0 Å². The summed E-state index contributed by atoms with van der Waals surface area (Å²) in [6, 6.07) is 2.08. The summed E-state index contributed by atoms with van der Waals surface area (Å²) in [6.45, 7) is 9.66. The van der Waals surface area contributed by atoms with Gasteiger partial charge in [-0.3, -0.25) is 0 Å². The van der Waals surface area contributed by atoms with E-state index in [9.17, 15) is 4.79 Å². The Morgan fingerprint density at radius 3 is 2.94 bits per heavy atom. The van der Waals surface area contributed by atoms with Gasteiger partial charge in [-0.05, 0) is 18.8 Å². The van der Waals surface area contributed by atoms with Crippen molar-refractivity contribution in [1.29, 1.82) is 0 Å². The molecule has 1 atom stereocenters. The first-order valence-corrected chi connectivity index (χ1v) is 6.44. The van der Waals surface area contributed by atoms with Gasteiger partial charge in [-0.25, -0.2) is 9.48 Å². The van der Waals surface area contributed by atoms with Crippen LogP contribution in [0.25, 0.3) is 0 Å². The number of aromatic nitrogens is 2. The van der Waals surface area contributed by atoms with Crippen LogP contribution in [0.15, 0.2) is 6.07 Å². The minimum absolute atomic E-state index is 0.120. The number of carbonyl (C=O) groups excluding carboxylic acids is 1. The highest BCUT2D eigenvalue weighted by Gasteiger charge is 2.32. The average molecular weight is 251 g/mol. The van der Waals surface area contributed by atoms with Crippen molar-refractivity contribution in [3.05, 3.63) is 11.8 Å². The van der Waals surface area contributed by atoms with Crippen molar-refractivity contribution in [3.8, 4) is 0 Å². The molecule has 18 heavy (non-hydrogen) atoms. The Bertz CT molecular complexity index is 446. The van der Waals surface area contributed by atoms with E-state index in [1.54, 1.807) is 13.0 Å². The molecule has 0 saturated carbocycles. The standard InChI is InChI=1S/C13H21N3O2/c1-5-18-12(17)9-8-11-14-7-6-10(13(2,3)4)16(11)15-9/h8,10,14H,5-7H2,1-4H3. The van der Waals surface area contributed by atoms with Crippen molar-refractivity contribution in [1.82, 2.24) is 9.78 Å². The fourth-order valence-electron chi connectivity index (χ4n) is 2.33. The van der Waals surface area contributed by atoms with Crippen LogP contribution in [0.5, 0.6) is 0 Å². The monoisotopic (exact) mass is 251 g/mol. The average Bonchev–Trinajstić information content (AvgIpc) is 2.71. The molecule has 100 valence electrons. The molecule has 0 fully saturated rings. The molecule has 1 aromatic heterocycles. The zero-order valence-corrected chi connectivity index (χ0v) is 11.5. The van der Waals surface area contributed by atoms with Gasteiger partial charge in [-0.15, -0.1) is 0 Å². The molecule has 0 aromatic carbocycles. The molecular formula is C13H21N3O2. The van der Waals surface area contributed by atoms with E-state index in [4.69, 9.17) is 4.74 Å². The number of anilines is 1. The first-order valence-electron chi connectivity index (χ1n) is 6.44. The van der Waals surface area contributed by atoms with Crippen molar-refractivity contribution in [2.75, 3.05) is 18.5 Å². The van der Waals surface area contributed by atoms with Gasteiger partial charge < -0.3 is 10.1 Å². The number of nitrogens with one attached hydrogen (secondary N) is 1. The zero-order chi connectivity index (χ0) is 13.3. The van der Waals surface area contributed by atoms with Gasteiger partial charge in [0.1, 0.15) is 5.82 Å². The van der Waals surface area contributed by atoms with E-state index in [2.05, 4.69) is 31.2 Å². The Morgan fingerprint density at radius 2 is 2.33 bits per heavy atom. The lowest BCUT2D eigenvalue weighted by atomic mass is 9.84. The number of carbonyl (C=O) groups is 1. The van der Waals surface area contributed by atoms with Gasteiger partial charge in [-0.1, -0.05) is 20.8 Å². The quantitative estimate of drug-likeness (QED) is 0.820. The van der Waals surface area contributed by atoms with Gasteiger partial charge in [0.25, 0.3) is 0 Å². The number of hydrogen-bond acceptors (Lipinski definition) is 4. The molecule has 1 aliphatic heterocycles. The van der Waals surface area contributed by atoms with Crippen molar-refractivity contribution >= 4 is 11.8 Å². The first-order chi connectivity index (χ1) is 8.43. The highest BCUT2D eigenvalue weighted by atomic mass is 16.5. The van der Waals surface area contributed by atoms with Crippen molar-refractivity contribution < 1.29 is 9.53 Å². The summed E-state index contributed by atoms with van der Waals surface area (Å²) >= 11 is 0. The van der Waals surface area contributed by atoms with Gasteiger partial charge >= 0.3 is 5.97 Å². The van der Waals surface area contributed by atoms with Crippen LogP contribution in [-0.4, -0.2) is 28.9 Å².